The zero-order chi connectivity index (χ0) is 24.3. The Bertz CT molecular complexity index is 1320. The van der Waals surface area contributed by atoms with Gasteiger partial charge in [0.1, 0.15) is 12.1 Å². The first-order chi connectivity index (χ1) is 16.2. The van der Waals surface area contributed by atoms with Gasteiger partial charge in [-0.15, -0.1) is 0 Å². The third-order valence-corrected chi connectivity index (χ3v) is 4.81. The van der Waals surface area contributed by atoms with Gasteiger partial charge in [0, 0.05) is 23.3 Å². The zero-order valence-electron chi connectivity index (χ0n) is 18.3. The van der Waals surface area contributed by atoms with E-state index in [0.717, 1.165) is 12.1 Å². The van der Waals surface area contributed by atoms with Gasteiger partial charge < -0.3 is 14.8 Å². The number of alkyl halides is 3. The molecule has 0 aliphatic rings. The van der Waals surface area contributed by atoms with Crippen molar-refractivity contribution >= 4 is 22.6 Å². The molecular formula is C24H21F3N4O3. The molecule has 2 heterocycles. The average molecular weight is 470 g/mol. The molecule has 0 aliphatic heterocycles. The van der Waals surface area contributed by atoms with E-state index in [9.17, 15) is 18.0 Å². The molecule has 0 fully saturated rings. The molecule has 0 spiro atoms. The summed E-state index contributed by atoms with van der Waals surface area (Å²) in [5.41, 5.74) is 0.443. The number of nitrogens with zero attached hydrogens (tertiary/aromatic N) is 3. The van der Waals surface area contributed by atoms with Gasteiger partial charge in [-0.3, -0.25) is 4.57 Å². The maximum atomic E-state index is 12.9. The standard InChI is InChI=1S/C24H21F3N4O3/c1-15(2)33-13-19-12-22(29-14-28-19)34-20-6-7-21-16(10-20)8-9-31(21)23(32)30-18-5-3-4-17(11-18)24(25,26)27/h3-12,14-15H,13H2,1-2H3,(H,30,32). The Kier molecular flexibility index (Phi) is 6.51. The van der Waals surface area contributed by atoms with Gasteiger partial charge in [0.05, 0.1) is 29.5 Å². The number of halogens is 3. The number of nitrogens with one attached hydrogen (secondary N) is 1. The molecule has 176 valence electrons. The van der Waals surface area contributed by atoms with Crippen molar-refractivity contribution in [2.75, 3.05) is 5.32 Å². The molecule has 0 aliphatic carbocycles. The number of anilines is 1. The van der Waals surface area contributed by atoms with Gasteiger partial charge in [-0.05, 0) is 56.3 Å². The third kappa shape index (κ3) is 5.52. The van der Waals surface area contributed by atoms with Gasteiger partial charge in [0.15, 0.2) is 0 Å². The van der Waals surface area contributed by atoms with Crippen LogP contribution in [0.1, 0.15) is 25.1 Å². The van der Waals surface area contributed by atoms with Crippen molar-refractivity contribution in [1.29, 1.82) is 0 Å². The lowest BCUT2D eigenvalue weighted by Gasteiger charge is -2.11. The zero-order valence-corrected chi connectivity index (χ0v) is 18.3. The SMILES string of the molecule is CC(C)OCc1cc(Oc2ccc3c(ccn3C(=O)Nc3cccc(C(F)(F)F)c3)c2)ncn1. The third-order valence-electron chi connectivity index (χ3n) is 4.81. The summed E-state index contributed by atoms with van der Waals surface area (Å²) in [5.74, 6) is 0.844. The summed E-state index contributed by atoms with van der Waals surface area (Å²) in [4.78, 5) is 20.9. The molecule has 0 bridgehead atoms. The van der Waals surface area contributed by atoms with Crippen molar-refractivity contribution in [3.63, 3.8) is 0 Å². The van der Waals surface area contributed by atoms with Crippen molar-refractivity contribution in [2.24, 2.45) is 0 Å². The fourth-order valence-corrected chi connectivity index (χ4v) is 3.20. The maximum Gasteiger partial charge on any atom is 0.416 e. The van der Waals surface area contributed by atoms with Gasteiger partial charge in [0.25, 0.3) is 0 Å². The van der Waals surface area contributed by atoms with Crippen LogP contribution in [-0.2, 0) is 17.5 Å². The lowest BCUT2D eigenvalue weighted by Crippen LogP contribution is -2.18. The van der Waals surface area contributed by atoms with E-state index in [-0.39, 0.29) is 11.8 Å². The number of hydrogen-bond donors (Lipinski definition) is 1. The van der Waals surface area contributed by atoms with Crippen LogP contribution in [0.4, 0.5) is 23.7 Å². The van der Waals surface area contributed by atoms with E-state index >= 15 is 0 Å². The normalized spacial score (nSPS) is 11.7. The topological polar surface area (TPSA) is 78.3 Å². The Morgan fingerprint density at radius 2 is 1.91 bits per heavy atom. The van der Waals surface area contributed by atoms with Crippen LogP contribution in [0.3, 0.4) is 0 Å². The first-order valence-corrected chi connectivity index (χ1v) is 10.4. The summed E-state index contributed by atoms with van der Waals surface area (Å²) in [5, 5.41) is 3.20. The highest BCUT2D eigenvalue weighted by molar-refractivity contribution is 5.98. The number of carbonyl (C=O) groups excluding carboxylic acids is 1. The van der Waals surface area contributed by atoms with Crippen LogP contribution in [-0.4, -0.2) is 26.7 Å². The quantitative estimate of drug-likeness (QED) is 0.361. The molecule has 7 nitrogen and oxygen atoms in total. The second kappa shape index (κ2) is 9.52. The molecule has 10 heteroatoms. The molecule has 2 aromatic carbocycles. The van der Waals surface area contributed by atoms with Crippen LogP contribution in [0, 0.1) is 0 Å². The highest BCUT2D eigenvalue weighted by atomic mass is 19.4. The van der Waals surface area contributed by atoms with Crippen molar-refractivity contribution < 1.29 is 27.4 Å². The van der Waals surface area contributed by atoms with Gasteiger partial charge in [-0.1, -0.05) is 6.07 Å². The highest BCUT2D eigenvalue weighted by Crippen LogP contribution is 2.31. The molecule has 0 unspecified atom stereocenters. The van der Waals surface area contributed by atoms with Gasteiger partial charge in [-0.25, -0.2) is 14.8 Å². The second-order valence-corrected chi connectivity index (χ2v) is 7.72. The maximum absolute atomic E-state index is 12.9. The van der Waals surface area contributed by atoms with Gasteiger partial charge in [0.2, 0.25) is 5.88 Å². The van der Waals surface area contributed by atoms with E-state index in [2.05, 4.69) is 15.3 Å². The Hall–Kier alpha value is -3.92. The Morgan fingerprint density at radius 3 is 2.68 bits per heavy atom. The van der Waals surface area contributed by atoms with Crippen LogP contribution >= 0.6 is 0 Å². The monoisotopic (exact) mass is 470 g/mol. The van der Waals surface area contributed by atoms with Crippen molar-refractivity contribution in [3.05, 3.63) is 78.4 Å². The summed E-state index contributed by atoms with van der Waals surface area (Å²) in [6.07, 6.45) is -1.51. The molecule has 4 aromatic rings. The molecule has 1 amide bonds. The summed E-state index contributed by atoms with van der Waals surface area (Å²) < 4.78 is 51.5. The van der Waals surface area contributed by atoms with E-state index in [4.69, 9.17) is 9.47 Å². The molecule has 2 aromatic heterocycles. The predicted octanol–water partition coefficient (Wildman–Crippen LogP) is 6.25. The number of benzene rings is 2. The fourth-order valence-electron chi connectivity index (χ4n) is 3.20. The van der Waals surface area contributed by atoms with Crippen LogP contribution in [0.5, 0.6) is 11.6 Å². The van der Waals surface area contributed by atoms with E-state index < -0.39 is 17.8 Å². The Labute approximate surface area is 193 Å². The Morgan fingerprint density at radius 1 is 1.09 bits per heavy atom. The first-order valence-electron chi connectivity index (χ1n) is 10.4. The molecule has 0 saturated carbocycles. The number of fused-ring (bicyclic) bond motifs is 1. The van der Waals surface area contributed by atoms with Crippen molar-refractivity contribution in [3.8, 4) is 11.6 Å². The fraction of sp³-hybridized carbons (Fsp3) is 0.208. The van der Waals surface area contributed by atoms with Gasteiger partial charge in [-0.2, -0.15) is 13.2 Å². The second-order valence-electron chi connectivity index (χ2n) is 7.72. The number of amides is 1. The summed E-state index contributed by atoms with van der Waals surface area (Å²) in [7, 11) is 0. The van der Waals surface area contributed by atoms with E-state index in [1.807, 2.05) is 13.8 Å². The summed E-state index contributed by atoms with van der Waals surface area (Å²) in [6.45, 7) is 4.19. The summed E-state index contributed by atoms with van der Waals surface area (Å²) >= 11 is 0. The minimum atomic E-state index is -4.50. The minimum absolute atomic E-state index is 0.0441. The number of hydrogen-bond acceptors (Lipinski definition) is 5. The van der Waals surface area contributed by atoms with E-state index in [0.29, 0.717) is 34.8 Å². The van der Waals surface area contributed by atoms with Gasteiger partial charge >= 0.3 is 12.2 Å². The van der Waals surface area contributed by atoms with Crippen LogP contribution in [0.25, 0.3) is 10.9 Å². The lowest BCUT2D eigenvalue weighted by molar-refractivity contribution is -0.137. The molecular weight excluding hydrogens is 449 g/mol. The molecule has 0 saturated heterocycles. The summed E-state index contributed by atoms with van der Waals surface area (Å²) in [6, 6.07) is 12.3. The predicted molar refractivity (Wildman–Crippen MR) is 120 cm³/mol. The first kappa shape index (κ1) is 23.2. The number of carbonyl (C=O) groups is 1. The van der Waals surface area contributed by atoms with E-state index in [1.54, 1.807) is 30.3 Å². The average Bonchev–Trinajstić information content (AvgIpc) is 3.21. The number of ether oxygens (including phenoxy) is 2. The Balaban J connectivity index is 1.49. The minimum Gasteiger partial charge on any atom is -0.439 e. The molecule has 1 N–H and O–H groups in total. The molecule has 0 atom stereocenters. The molecule has 4 rings (SSSR count). The van der Waals surface area contributed by atoms with Crippen molar-refractivity contribution in [2.45, 2.75) is 32.7 Å². The molecule has 34 heavy (non-hydrogen) atoms. The van der Waals surface area contributed by atoms with Crippen LogP contribution in [0.2, 0.25) is 0 Å². The highest BCUT2D eigenvalue weighted by Gasteiger charge is 2.30. The van der Waals surface area contributed by atoms with E-state index in [1.165, 1.54) is 29.2 Å². The van der Waals surface area contributed by atoms with Crippen LogP contribution in [0.15, 0.2) is 67.1 Å². The number of aromatic nitrogens is 3. The smallest absolute Gasteiger partial charge is 0.416 e. The number of rotatable bonds is 6. The lowest BCUT2D eigenvalue weighted by atomic mass is 10.2. The largest absolute Gasteiger partial charge is 0.439 e. The van der Waals surface area contributed by atoms with Crippen molar-refractivity contribution in [1.82, 2.24) is 14.5 Å². The van der Waals surface area contributed by atoms with Crippen LogP contribution < -0.4 is 10.1 Å². The molecule has 0 radical (unpaired) electrons.